The molecular weight excluding hydrogens is 446 g/mol. The minimum Gasteiger partial charge on any atom is -0.497 e. The first-order valence-electron chi connectivity index (χ1n) is 10.5. The Morgan fingerprint density at radius 3 is 2.37 bits per heavy atom. The molecule has 0 unspecified atom stereocenters. The minimum atomic E-state index is -0.644. The van der Waals surface area contributed by atoms with Crippen LogP contribution in [-0.4, -0.2) is 27.7 Å². The molecule has 0 saturated carbocycles. The Kier molecular flexibility index (Phi) is 6.65. The Labute approximate surface area is 200 Å². The van der Waals surface area contributed by atoms with E-state index < -0.39 is 10.8 Å². The summed E-state index contributed by atoms with van der Waals surface area (Å²) in [6.45, 7) is 0. The number of hydrogen-bond donors (Lipinski definition) is 1. The smallest absolute Gasteiger partial charge is 0.269 e. The maximum Gasteiger partial charge on any atom is 0.269 e. The normalized spacial score (nSPS) is 10.9. The number of methoxy groups -OCH3 is 1. The highest BCUT2D eigenvalue weighted by atomic mass is 16.6. The van der Waals surface area contributed by atoms with Crippen molar-refractivity contribution in [3.8, 4) is 28.8 Å². The maximum atomic E-state index is 12.8. The van der Waals surface area contributed by atoms with E-state index in [1.807, 2.05) is 48.5 Å². The number of non-ortho nitro benzene ring substituents is 1. The first-order chi connectivity index (χ1) is 17.0. The lowest BCUT2D eigenvalue weighted by Gasteiger charge is -2.05. The minimum absolute atomic E-state index is 0.100. The molecule has 9 heteroatoms. The highest BCUT2D eigenvalue weighted by Gasteiger charge is 2.16. The number of nitro benzene ring substituents is 1. The zero-order valence-corrected chi connectivity index (χ0v) is 18.6. The second kappa shape index (κ2) is 10.1. The molecule has 35 heavy (non-hydrogen) atoms. The van der Waals surface area contributed by atoms with Gasteiger partial charge in [0.2, 0.25) is 0 Å². The van der Waals surface area contributed by atoms with E-state index in [0.717, 1.165) is 11.3 Å². The molecule has 0 radical (unpaired) electrons. The molecule has 1 aromatic heterocycles. The number of amides is 1. The number of rotatable bonds is 7. The van der Waals surface area contributed by atoms with Crippen molar-refractivity contribution in [2.24, 2.45) is 0 Å². The van der Waals surface area contributed by atoms with E-state index in [1.165, 1.54) is 30.3 Å². The van der Waals surface area contributed by atoms with E-state index in [9.17, 15) is 20.2 Å². The molecule has 0 fully saturated rings. The molecule has 0 spiro atoms. The van der Waals surface area contributed by atoms with Crippen molar-refractivity contribution in [3.63, 3.8) is 0 Å². The standard InChI is InChI=1S/C26H19N5O4/c1-35-24-13-7-18(8-14-24)25-20(17-30(29-25)22-5-3-2-4-6-22)15-19(16-27)26(32)28-21-9-11-23(12-10-21)31(33)34/h2-15,17H,1H3,(H,28,32). The zero-order chi connectivity index (χ0) is 24.8. The van der Waals surface area contributed by atoms with Gasteiger partial charge in [-0.1, -0.05) is 18.2 Å². The quantitative estimate of drug-likeness (QED) is 0.177. The van der Waals surface area contributed by atoms with Gasteiger partial charge >= 0.3 is 0 Å². The van der Waals surface area contributed by atoms with Crippen LogP contribution in [0.4, 0.5) is 11.4 Å². The van der Waals surface area contributed by atoms with Crippen LogP contribution in [0.15, 0.2) is 90.6 Å². The number of nitrogens with zero attached hydrogens (tertiary/aromatic N) is 4. The molecule has 0 aliphatic heterocycles. The van der Waals surface area contributed by atoms with Gasteiger partial charge < -0.3 is 10.1 Å². The fourth-order valence-electron chi connectivity index (χ4n) is 3.35. The molecule has 9 nitrogen and oxygen atoms in total. The van der Waals surface area contributed by atoms with E-state index in [-0.39, 0.29) is 11.3 Å². The van der Waals surface area contributed by atoms with E-state index in [0.29, 0.717) is 22.7 Å². The van der Waals surface area contributed by atoms with Crippen LogP contribution in [0.5, 0.6) is 5.75 Å². The third-order valence-electron chi connectivity index (χ3n) is 5.13. The number of nitriles is 1. The van der Waals surface area contributed by atoms with Gasteiger partial charge in [-0.25, -0.2) is 4.68 Å². The summed E-state index contributed by atoms with van der Waals surface area (Å²) in [5.41, 5.74) is 2.82. The van der Waals surface area contributed by atoms with Gasteiger partial charge in [0.15, 0.2) is 0 Å². The molecule has 0 aliphatic rings. The second-order valence-corrected chi connectivity index (χ2v) is 7.37. The molecule has 1 amide bonds. The Morgan fingerprint density at radius 2 is 1.77 bits per heavy atom. The molecule has 0 bridgehead atoms. The van der Waals surface area contributed by atoms with Crippen LogP contribution in [0.2, 0.25) is 0 Å². The van der Waals surface area contributed by atoms with E-state index in [4.69, 9.17) is 4.74 Å². The predicted molar refractivity (Wildman–Crippen MR) is 131 cm³/mol. The topological polar surface area (TPSA) is 123 Å². The van der Waals surface area contributed by atoms with E-state index >= 15 is 0 Å². The van der Waals surface area contributed by atoms with Crippen LogP contribution in [0.1, 0.15) is 5.56 Å². The SMILES string of the molecule is COc1ccc(-c2nn(-c3ccccc3)cc2C=C(C#N)C(=O)Nc2ccc([N+](=O)[O-])cc2)cc1. The van der Waals surface area contributed by atoms with Gasteiger partial charge in [0.1, 0.15) is 17.4 Å². The van der Waals surface area contributed by atoms with Crippen LogP contribution in [-0.2, 0) is 4.79 Å². The monoisotopic (exact) mass is 465 g/mol. The van der Waals surface area contributed by atoms with Gasteiger partial charge in [-0.3, -0.25) is 14.9 Å². The Morgan fingerprint density at radius 1 is 1.09 bits per heavy atom. The number of nitrogens with one attached hydrogen (secondary N) is 1. The van der Waals surface area contributed by atoms with Gasteiger partial charge in [0.05, 0.1) is 23.4 Å². The molecule has 0 aliphatic carbocycles. The number of aromatic nitrogens is 2. The number of nitro groups is 1. The van der Waals surface area contributed by atoms with Crippen molar-refractivity contribution in [2.45, 2.75) is 0 Å². The van der Waals surface area contributed by atoms with E-state index in [2.05, 4.69) is 10.4 Å². The first-order valence-corrected chi connectivity index (χ1v) is 10.5. The third kappa shape index (κ3) is 5.23. The average Bonchev–Trinajstić information content (AvgIpc) is 3.32. The van der Waals surface area contributed by atoms with Gasteiger partial charge in [0, 0.05) is 35.1 Å². The van der Waals surface area contributed by atoms with Gasteiger partial charge in [-0.15, -0.1) is 0 Å². The number of carbonyl (C=O) groups excluding carboxylic acids is 1. The molecule has 3 aromatic carbocycles. The molecule has 1 N–H and O–H groups in total. The van der Waals surface area contributed by atoms with Crippen molar-refractivity contribution < 1.29 is 14.5 Å². The number of ether oxygens (including phenoxy) is 1. The number of carbonyl (C=O) groups is 1. The van der Waals surface area contributed by atoms with E-state index in [1.54, 1.807) is 30.1 Å². The van der Waals surface area contributed by atoms with Crippen molar-refractivity contribution in [1.82, 2.24) is 9.78 Å². The lowest BCUT2D eigenvalue weighted by atomic mass is 10.1. The van der Waals surface area contributed by atoms with Crippen molar-refractivity contribution in [1.29, 1.82) is 5.26 Å². The summed E-state index contributed by atoms with van der Waals surface area (Å²) in [5.74, 6) is 0.0445. The fraction of sp³-hybridized carbons (Fsp3) is 0.0385. The summed E-state index contributed by atoms with van der Waals surface area (Å²) in [5, 5.41) is 27.8. The van der Waals surface area contributed by atoms with Crippen LogP contribution >= 0.6 is 0 Å². The van der Waals surface area contributed by atoms with Gasteiger partial charge in [-0.2, -0.15) is 10.4 Å². The highest BCUT2D eigenvalue weighted by molar-refractivity contribution is 6.10. The summed E-state index contributed by atoms with van der Waals surface area (Å²) in [6.07, 6.45) is 3.21. The second-order valence-electron chi connectivity index (χ2n) is 7.37. The molecule has 172 valence electrons. The summed E-state index contributed by atoms with van der Waals surface area (Å²) in [7, 11) is 1.58. The maximum absolute atomic E-state index is 12.8. The van der Waals surface area contributed by atoms with Crippen molar-refractivity contribution in [2.75, 3.05) is 12.4 Å². The lowest BCUT2D eigenvalue weighted by molar-refractivity contribution is -0.384. The molecule has 0 atom stereocenters. The molecule has 1 heterocycles. The predicted octanol–water partition coefficient (Wildman–Crippen LogP) is 5.00. The summed E-state index contributed by atoms with van der Waals surface area (Å²) in [6, 6.07) is 24.0. The third-order valence-corrected chi connectivity index (χ3v) is 5.13. The lowest BCUT2D eigenvalue weighted by Crippen LogP contribution is -2.13. The van der Waals surface area contributed by atoms with Gasteiger partial charge in [0.25, 0.3) is 11.6 Å². The van der Waals surface area contributed by atoms with Crippen LogP contribution < -0.4 is 10.1 Å². The van der Waals surface area contributed by atoms with Crippen LogP contribution in [0.3, 0.4) is 0 Å². The number of hydrogen-bond acceptors (Lipinski definition) is 6. The Bertz CT molecular complexity index is 1430. The summed E-state index contributed by atoms with van der Waals surface area (Å²) >= 11 is 0. The fourth-order valence-corrected chi connectivity index (χ4v) is 3.35. The molecule has 4 aromatic rings. The molecule has 0 saturated heterocycles. The molecule has 4 rings (SSSR count). The number of para-hydroxylation sites is 1. The highest BCUT2D eigenvalue weighted by Crippen LogP contribution is 2.28. The largest absolute Gasteiger partial charge is 0.497 e. The average molecular weight is 465 g/mol. The first kappa shape index (κ1) is 22.9. The summed E-state index contributed by atoms with van der Waals surface area (Å²) in [4.78, 5) is 23.1. The number of benzene rings is 3. The van der Waals surface area contributed by atoms with Crippen LogP contribution in [0.25, 0.3) is 23.0 Å². The Balaban J connectivity index is 1.70. The zero-order valence-electron chi connectivity index (χ0n) is 18.6. The summed E-state index contributed by atoms with van der Waals surface area (Å²) < 4.78 is 6.90. The van der Waals surface area contributed by atoms with Crippen LogP contribution in [0, 0.1) is 21.4 Å². The van der Waals surface area contributed by atoms with Crippen molar-refractivity contribution >= 4 is 23.4 Å². The Hall–Kier alpha value is -5.23. The molecular formula is C26H19N5O4. The number of anilines is 1. The van der Waals surface area contributed by atoms with Gasteiger partial charge in [-0.05, 0) is 54.6 Å². The van der Waals surface area contributed by atoms with Crippen molar-refractivity contribution in [3.05, 3.63) is 106 Å².